The fourth-order valence-electron chi connectivity index (χ4n) is 2.53. The lowest BCUT2D eigenvalue weighted by molar-refractivity contribution is 0.178. The number of hydrogen-bond donors (Lipinski definition) is 3. The number of aliphatic hydroxyl groups excluding tert-OH is 1. The van der Waals surface area contributed by atoms with Crippen molar-refractivity contribution in [2.75, 3.05) is 26.2 Å². The number of hydrogen-bond acceptors (Lipinski definition) is 4. The Labute approximate surface area is 178 Å². The van der Waals surface area contributed by atoms with Crippen molar-refractivity contribution in [1.82, 2.24) is 15.5 Å². The molecule has 0 aromatic carbocycles. The minimum Gasteiger partial charge on any atom is -0.386 e. The Balaban J connectivity index is 0.00000576. The number of guanidine groups is 1. The molecule has 0 amide bonds. The summed E-state index contributed by atoms with van der Waals surface area (Å²) < 4.78 is 0.681. The van der Waals surface area contributed by atoms with Crippen LogP contribution in [0.3, 0.4) is 0 Å². The number of aliphatic imine (C=N–C) groups is 1. The van der Waals surface area contributed by atoms with Crippen LogP contribution in [-0.4, -0.2) is 54.2 Å². The van der Waals surface area contributed by atoms with Gasteiger partial charge in [-0.15, -0.1) is 35.3 Å². The minimum absolute atomic E-state index is 0. The summed E-state index contributed by atoms with van der Waals surface area (Å²) in [6.45, 7) is 13.7. The average molecular weight is 503 g/mol. The Kier molecular flexibility index (Phi) is 13.1. The van der Waals surface area contributed by atoms with Crippen molar-refractivity contribution >= 4 is 52.9 Å². The Morgan fingerprint density at radius 1 is 1.24 bits per heavy atom. The smallest absolute Gasteiger partial charge is 0.191 e. The van der Waals surface area contributed by atoms with Gasteiger partial charge < -0.3 is 15.7 Å². The summed E-state index contributed by atoms with van der Waals surface area (Å²) in [6.07, 6.45) is -0.624. The van der Waals surface area contributed by atoms with E-state index in [1.807, 2.05) is 13.0 Å². The molecule has 25 heavy (non-hydrogen) atoms. The molecule has 0 fully saturated rings. The lowest BCUT2D eigenvalue weighted by Gasteiger charge is -2.30. The summed E-state index contributed by atoms with van der Waals surface area (Å²) in [6, 6.07) is 4.66. The fourth-order valence-corrected chi connectivity index (χ4v) is 3.57. The maximum atomic E-state index is 10.2. The molecule has 0 aliphatic rings. The van der Waals surface area contributed by atoms with Gasteiger partial charge in [-0.3, -0.25) is 9.89 Å². The van der Waals surface area contributed by atoms with Crippen LogP contribution in [0.25, 0.3) is 0 Å². The van der Waals surface area contributed by atoms with E-state index < -0.39 is 6.10 Å². The molecule has 5 nitrogen and oxygen atoms in total. The first kappa shape index (κ1) is 24.9. The third kappa shape index (κ3) is 9.42. The van der Waals surface area contributed by atoms with Crippen LogP contribution in [0.5, 0.6) is 0 Å². The van der Waals surface area contributed by atoms with E-state index >= 15 is 0 Å². The zero-order valence-electron chi connectivity index (χ0n) is 15.8. The van der Waals surface area contributed by atoms with Gasteiger partial charge in [-0.1, -0.05) is 11.6 Å². The molecule has 3 N–H and O–H groups in total. The summed E-state index contributed by atoms with van der Waals surface area (Å²) in [5.41, 5.74) is 0. The molecule has 0 saturated carbocycles. The summed E-state index contributed by atoms with van der Waals surface area (Å²) in [7, 11) is 0. The largest absolute Gasteiger partial charge is 0.386 e. The number of rotatable bonds is 9. The molecular formula is C17H32ClIN4OS. The van der Waals surface area contributed by atoms with Crippen LogP contribution in [0.1, 0.15) is 45.6 Å². The molecule has 0 radical (unpaired) electrons. The highest BCUT2D eigenvalue weighted by molar-refractivity contribution is 14.0. The molecule has 0 aliphatic carbocycles. The van der Waals surface area contributed by atoms with E-state index in [9.17, 15) is 5.11 Å². The Hall–Kier alpha value is -0.0900. The summed E-state index contributed by atoms with van der Waals surface area (Å²) in [4.78, 5) is 7.74. The second-order valence-electron chi connectivity index (χ2n) is 6.23. The van der Waals surface area contributed by atoms with Crippen LogP contribution in [0.2, 0.25) is 4.34 Å². The first-order valence-electron chi connectivity index (χ1n) is 8.56. The van der Waals surface area contributed by atoms with E-state index in [0.29, 0.717) is 23.0 Å². The molecule has 0 saturated heterocycles. The molecule has 0 bridgehead atoms. The molecule has 1 unspecified atom stereocenters. The van der Waals surface area contributed by atoms with Crippen molar-refractivity contribution in [2.24, 2.45) is 4.99 Å². The molecule has 1 aromatic heterocycles. The molecule has 8 heteroatoms. The molecule has 0 spiro atoms. The van der Waals surface area contributed by atoms with Crippen LogP contribution in [0, 0.1) is 0 Å². The Bertz CT molecular complexity index is 503. The highest BCUT2D eigenvalue weighted by atomic mass is 127. The van der Waals surface area contributed by atoms with Crippen molar-refractivity contribution in [3.05, 3.63) is 21.3 Å². The SMILES string of the molecule is CCNC(=NCC(O)c1ccc(Cl)s1)NCCN(C(C)C)C(C)C.I. The van der Waals surface area contributed by atoms with E-state index in [-0.39, 0.29) is 24.0 Å². The van der Waals surface area contributed by atoms with Crippen LogP contribution in [0.15, 0.2) is 17.1 Å². The molecule has 1 heterocycles. The van der Waals surface area contributed by atoms with Gasteiger partial charge in [0, 0.05) is 36.6 Å². The molecule has 1 aromatic rings. The zero-order valence-corrected chi connectivity index (χ0v) is 19.7. The van der Waals surface area contributed by atoms with E-state index in [4.69, 9.17) is 11.6 Å². The van der Waals surface area contributed by atoms with Crippen molar-refractivity contribution < 1.29 is 5.11 Å². The first-order chi connectivity index (χ1) is 11.3. The summed E-state index contributed by atoms with van der Waals surface area (Å²) >= 11 is 7.30. The average Bonchev–Trinajstić information content (AvgIpc) is 2.94. The second kappa shape index (κ2) is 13.1. The highest BCUT2D eigenvalue weighted by Crippen LogP contribution is 2.26. The van der Waals surface area contributed by atoms with Crippen LogP contribution in [0.4, 0.5) is 0 Å². The lowest BCUT2D eigenvalue weighted by Crippen LogP contribution is -2.45. The third-order valence-electron chi connectivity index (χ3n) is 3.68. The number of nitrogens with one attached hydrogen (secondary N) is 2. The number of nitrogens with zero attached hydrogens (tertiary/aromatic N) is 2. The normalized spacial score (nSPS) is 13.3. The van der Waals surface area contributed by atoms with Gasteiger partial charge in [-0.05, 0) is 46.8 Å². The van der Waals surface area contributed by atoms with Crippen molar-refractivity contribution in [2.45, 2.75) is 52.8 Å². The maximum absolute atomic E-state index is 10.2. The number of halogens is 2. The fraction of sp³-hybridized carbons (Fsp3) is 0.706. The van der Waals surface area contributed by atoms with E-state index in [0.717, 1.165) is 30.5 Å². The number of thiophene rings is 1. The van der Waals surface area contributed by atoms with Crippen molar-refractivity contribution in [3.63, 3.8) is 0 Å². The quantitative estimate of drug-likeness (QED) is 0.274. The lowest BCUT2D eigenvalue weighted by atomic mass is 10.2. The topological polar surface area (TPSA) is 59.9 Å². The first-order valence-corrected chi connectivity index (χ1v) is 9.75. The van der Waals surface area contributed by atoms with Gasteiger partial charge in [0.05, 0.1) is 10.9 Å². The van der Waals surface area contributed by atoms with Crippen molar-refractivity contribution in [3.8, 4) is 0 Å². The highest BCUT2D eigenvalue weighted by Gasteiger charge is 2.13. The standard InChI is InChI=1S/C17H31ClN4OS.HI/c1-6-19-17(20-9-10-22(12(2)3)13(4)5)21-11-14(23)15-7-8-16(18)24-15;/h7-8,12-14,23H,6,9-11H2,1-5H3,(H2,19,20,21);1H. The minimum atomic E-state index is -0.624. The molecule has 0 aliphatic heterocycles. The maximum Gasteiger partial charge on any atom is 0.191 e. The van der Waals surface area contributed by atoms with E-state index in [1.165, 1.54) is 11.3 Å². The van der Waals surface area contributed by atoms with Gasteiger partial charge in [0.15, 0.2) is 5.96 Å². The zero-order chi connectivity index (χ0) is 18.1. The van der Waals surface area contributed by atoms with Crippen LogP contribution < -0.4 is 10.6 Å². The molecule has 1 rings (SSSR count). The van der Waals surface area contributed by atoms with Crippen LogP contribution in [-0.2, 0) is 0 Å². The van der Waals surface area contributed by atoms with Gasteiger partial charge in [0.25, 0.3) is 0 Å². The van der Waals surface area contributed by atoms with Gasteiger partial charge in [-0.25, -0.2) is 0 Å². The molecular weight excluding hydrogens is 471 g/mol. The summed E-state index contributed by atoms with van der Waals surface area (Å²) in [5, 5.41) is 16.7. The Morgan fingerprint density at radius 2 is 1.88 bits per heavy atom. The van der Waals surface area contributed by atoms with Gasteiger partial charge in [0.1, 0.15) is 6.10 Å². The number of aliphatic hydroxyl groups is 1. The van der Waals surface area contributed by atoms with E-state index in [1.54, 1.807) is 6.07 Å². The van der Waals surface area contributed by atoms with Gasteiger partial charge in [-0.2, -0.15) is 0 Å². The third-order valence-corrected chi connectivity index (χ3v) is 5.01. The predicted octanol–water partition coefficient (Wildman–Crippen LogP) is 3.73. The molecule has 1 atom stereocenters. The summed E-state index contributed by atoms with van der Waals surface area (Å²) in [5.74, 6) is 0.728. The Morgan fingerprint density at radius 3 is 2.36 bits per heavy atom. The van der Waals surface area contributed by atoms with Gasteiger partial charge in [0.2, 0.25) is 0 Å². The monoisotopic (exact) mass is 502 g/mol. The van der Waals surface area contributed by atoms with Gasteiger partial charge >= 0.3 is 0 Å². The predicted molar refractivity (Wildman–Crippen MR) is 121 cm³/mol. The van der Waals surface area contributed by atoms with Crippen molar-refractivity contribution in [1.29, 1.82) is 0 Å². The molecule has 146 valence electrons. The van der Waals surface area contributed by atoms with E-state index in [2.05, 4.69) is 48.2 Å². The van der Waals surface area contributed by atoms with Crippen LogP contribution >= 0.6 is 46.9 Å². The second-order valence-corrected chi connectivity index (χ2v) is 7.98.